The molecule has 2 aromatic carbocycles. The van der Waals surface area contributed by atoms with Gasteiger partial charge in [0.1, 0.15) is 5.60 Å². The van der Waals surface area contributed by atoms with Gasteiger partial charge in [-0.25, -0.2) is 4.79 Å². The summed E-state index contributed by atoms with van der Waals surface area (Å²) in [5, 5.41) is 2.82. The Balaban J connectivity index is 1.67. The molecule has 0 aliphatic rings. The largest absolute Gasteiger partial charge is 0.456 e. The molecule has 0 aromatic heterocycles. The molecule has 1 N–H and O–H groups in total. The van der Waals surface area contributed by atoms with Gasteiger partial charge >= 0.3 is 5.97 Å². The molecule has 4 heteroatoms. The molecular weight excluding hydrogens is 362 g/mol. The van der Waals surface area contributed by atoms with E-state index in [9.17, 15) is 9.59 Å². The lowest BCUT2D eigenvalue weighted by atomic mass is 10.1. The minimum Gasteiger partial charge on any atom is -0.456 e. The van der Waals surface area contributed by atoms with Crippen LogP contribution in [0.4, 0.5) is 0 Å². The smallest absolute Gasteiger partial charge is 0.338 e. The van der Waals surface area contributed by atoms with E-state index < -0.39 is 5.60 Å². The lowest BCUT2D eigenvalue weighted by Gasteiger charge is -2.19. The predicted molar refractivity (Wildman–Crippen MR) is 115 cm³/mol. The molecule has 0 saturated carbocycles. The van der Waals surface area contributed by atoms with Gasteiger partial charge in [0, 0.05) is 12.0 Å². The van der Waals surface area contributed by atoms with Crippen molar-refractivity contribution in [3.8, 4) is 11.8 Å². The Bertz CT molecular complexity index is 853. The van der Waals surface area contributed by atoms with Crippen molar-refractivity contribution >= 4 is 11.9 Å². The van der Waals surface area contributed by atoms with Crippen LogP contribution in [0.15, 0.2) is 54.6 Å². The van der Waals surface area contributed by atoms with Crippen LogP contribution in [0.1, 0.15) is 61.5 Å². The van der Waals surface area contributed by atoms with Gasteiger partial charge in [0.15, 0.2) is 0 Å². The third-order valence-corrected chi connectivity index (χ3v) is 4.09. The van der Waals surface area contributed by atoms with Gasteiger partial charge in [0.05, 0.1) is 12.1 Å². The maximum absolute atomic E-state index is 12.0. The van der Waals surface area contributed by atoms with Gasteiger partial charge < -0.3 is 10.1 Å². The van der Waals surface area contributed by atoms with Crippen LogP contribution in [0.25, 0.3) is 0 Å². The van der Waals surface area contributed by atoms with E-state index in [1.54, 1.807) is 24.3 Å². The Morgan fingerprint density at radius 2 is 1.66 bits per heavy atom. The van der Waals surface area contributed by atoms with Crippen molar-refractivity contribution in [2.24, 2.45) is 0 Å². The number of unbranched alkanes of at least 4 members (excludes halogenated alkanes) is 1. The number of carbonyl (C=O) groups is 2. The second-order valence-corrected chi connectivity index (χ2v) is 7.85. The van der Waals surface area contributed by atoms with Gasteiger partial charge in [0.2, 0.25) is 5.91 Å². The Morgan fingerprint density at radius 1 is 0.966 bits per heavy atom. The molecule has 0 atom stereocenters. The summed E-state index contributed by atoms with van der Waals surface area (Å²) in [5.41, 5.74) is 2.06. The van der Waals surface area contributed by atoms with E-state index >= 15 is 0 Å². The Kier molecular flexibility index (Phi) is 8.48. The summed E-state index contributed by atoms with van der Waals surface area (Å²) in [6.45, 7) is 5.82. The summed E-state index contributed by atoms with van der Waals surface area (Å²) >= 11 is 0. The van der Waals surface area contributed by atoms with Crippen LogP contribution < -0.4 is 5.32 Å². The average Bonchev–Trinajstić information content (AvgIpc) is 2.68. The molecule has 2 rings (SSSR count). The summed E-state index contributed by atoms with van der Waals surface area (Å²) in [6.07, 6.45) is 3.36. The van der Waals surface area contributed by atoms with Gasteiger partial charge in [-0.05, 0) is 69.9 Å². The minimum atomic E-state index is -0.519. The SMILES string of the molecule is CC(C)(C)OC(=O)c1ccc(C#CCNC(=O)CCCCc2ccccc2)cc1. The molecule has 0 unspecified atom stereocenters. The Labute approximate surface area is 173 Å². The van der Waals surface area contributed by atoms with E-state index in [1.807, 2.05) is 39.0 Å². The number of amides is 1. The van der Waals surface area contributed by atoms with Gasteiger partial charge in [-0.1, -0.05) is 42.2 Å². The van der Waals surface area contributed by atoms with Crippen molar-refractivity contribution in [2.75, 3.05) is 6.54 Å². The molecule has 1 amide bonds. The van der Waals surface area contributed by atoms with Crippen LogP contribution in [-0.2, 0) is 16.0 Å². The minimum absolute atomic E-state index is 0.0210. The summed E-state index contributed by atoms with van der Waals surface area (Å²) < 4.78 is 5.33. The molecule has 0 bridgehead atoms. The highest BCUT2D eigenvalue weighted by Gasteiger charge is 2.17. The molecule has 2 aromatic rings. The average molecular weight is 392 g/mol. The number of ether oxygens (including phenoxy) is 1. The zero-order valence-electron chi connectivity index (χ0n) is 17.5. The second kappa shape index (κ2) is 11.1. The molecule has 0 spiro atoms. The van der Waals surface area contributed by atoms with Crippen molar-refractivity contribution in [1.29, 1.82) is 0 Å². The molecule has 0 fully saturated rings. The molecule has 0 saturated heterocycles. The third kappa shape index (κ3) is 9.12. The van der Waals surface area contributed by atoms with E-state index in [0.717, 1.165) is 24.8 Å². The van der Waals surface area contributed by atoms with Crippen LogP contribution in [0.5, 0.6) is 0 Å². The third-order valence-electron chi connectivity index (χ3n) is 4.09. The van der Waals surface area contributed by atoms with E-state index in [1.165, 1.54) is 5.56 Å². The Morgan fingerprint density at radius 3 is 2.31 bits per heavy atom. The van der Waals surface area contributed by atoms with E-state index in [-0.39, 0.29) is 11.9 Å². The van der Waals surface area contributed by atoms with E-state index in [4.69, 9.17) is 4.74 Å². The highest BCUT2D eigenvalue weighted by molar-refractivity contribution is 5.89. The van der Waals surface area contributed by atoms with E-state index in [0.29, 0.717) is 18.5 Å². The maximum atomic E-state index is 12.0. The molecule has 0 aliphatic heterocycles. The first kappa shape index (κ1) is 22.2. The number of rotatable bonds is 7. The highest BCUT2D eigenvalue weighted by atomic mass is 16.6. The molecule has 0 aliphatic carbocycles. The normalized spacial score (nSPS) is 10.6. The number of benzene rings is 2. The van der Waals surface area contributed by atoms with Crippen molar-refractivity contribution in [1.82, 2.24) is 5.32 Å². The molecule has 152 valence electrons. The zero-order valence-corrected chi connectivity index (χ0v) is 17.5. The molecule has 0 heterocycles. The van der Waals surface area contributed by atoms with Gasteiger partial charge in [-0.15, -0.1) is 0 Å². The standard InChI is InChI=1S/C25H29NO3/c1-25(2,3)29-24(28)22-17-15-21(16-18-22)13-9-19-26-23(27)14-8-7-12-20-10-5-4-6-11-20/h4-6,10-11,15-18H,7-8,12,14,19H2,1-3H3,(H,26,27). The van der Waals surface area contributed by atoms with Crippen molar-refractivity contribution in [3.63, 3.8) is 0 Å². The van der Waals surface area contributed by atoms with Gasteiger partial charge in [0.25, 0.3) is 0 Å². The van der Waals surface area contributed by atoms with Gasteiger partial charge in [-0.3, -0.25) is 4.79 Å². The number of esters is 1. The topological polar surface area (TPSA) is 55.4 Å². The van der Waals surface area contributed by atoms with Crippen LogP contribution in [0, 0.1) is 11.8 Å². The fourth-order valence-corrected chi connectivity index (χ4v) is 2.66. The second-order valence-electron chi connectivity index (χ2n) is 7.85. The zero-order chi connectivity index (χ0) is 21.1. The predicted octanol–water partition coefficient (Wildman–Crippen LogP) is 4.52. The monoisotopic (exact) mass is 391 g/mol. The first-order valence-electron chi connectivity index (χ1n) is 9.96. The molecular formula is C25H29NO3. The van der Waals surface area contributed by atoms with Crippen LogP contribution >= 0.6 is 0 Å². The fraction of sp³-hybridized carbons (Fsp3) is 0.360. The number of carbonyl (C=O) groups excluding carboxylic acids is 2. The number of nitrogens with one attached hydrogen (secondary N) is 1. The molecule has 0 radical (unpaired) electrons. The van der Waals surface area contributed by atoms with Crippen LogP contribution in [0.3, 0.4) is 0 Å². The fourth-order valence-electron chi connectivity index (χ4n) is 2.66. The first-order valence-corrected chi connectivity index (χ1v) is 9.96. The summed E-state index contributed by atoms with van der Waals surface area (Å²) in [6, 6.07) is 17.2. The highest BCUT2D eigenvalue weighted by Crippen LogP contribution is 2.12. The van der Waals surface area contributed by atoms with Crippen LogP contribution in [0.2, 0.25) is 0 Å². The summed E-state index contributed by atoms with van der Waals surface area (Å²) in [5.74, 6) is 5.59. The van der Waals surface area contributed by atoms with Crippen molar-refractivity contribution < 1.29 is 14.3 Å². The number of hydrogen-bond acceptors (Lipinski definition) is 3. The lowest BCUT2D eigenvalue weighted by Crippen LogP contribution is -2.23. The molecule has 29 heavy (non-hydrogen) atoms. The lowest BCUT2D eigenvalue weighted by molar-refractivity contribution is -0.120. The first-order chi connectivity index (χ1) is 13.8. The van der Waals surface area contributed by atoms with Crippen molar-refractivity contribution in [2.45, 2.75) is 52.1 Å². The molecule has 4 nitrogen and oxygen atoms in total. The van der Waals surface area contributed by atoms with Gasteiger partial charge in [-0.2, -0.15) is 0 Å². The maximum Gasteiger partial charge on any atom is 0.338 e. The van der Waals surface area contributed by atoms with E-state index in [2.05, 4.69) is 29.3 Å². The quantitative estimate of drug-likeness (QED) is 0.429. The van der Waals surface area contributed by atoms with Crippen molar-refractivity contribution in [3.05, 3.63) is 71.3 Å². The van der Waals surface area contributed by atoms with Crippen LogP contribution in [-0.4, -0.2) is 24.0 Å². The Hall–Kier alpha value is -3.06. The number of aryl methyl sites for hydroxylation is 1. The number of hydrogen-bond donors (Lipinski definition) is 1. The summed E-state index contributed by atoms with van der Waals surface area (Å²) in [7, 11) is 0. The summed E-state index contributed by atoms with van der Waals surface area (Å²) in [4.78, 5) is 23.9.